The van der Waals surface area contributed by atoms with Crippen molar-refractivity contribution in [3.8, 4) is 12.3 Å². The zero-order valence-corrected chi connectivity index (χ0v) is 8.78. The highest BCUT2D eigenvalue weighted by atomic mass is 15.6. The molecule has 4 heteroatoms. The quantitative estimate of drug-likeness (QED) is 0.623. The van der Waals surface area contributed by atoms with Gasteiger partial charge in [0.15, 0.2) is 5.82 Å². The van der Waals surface area contributed by atoms with Crippen LogP contribution < -0.4 is 0 Å². The van der Waals surface area contributed by atoms with Crippen molar-refractivity contribution in [1.29, 1.82) is 0 Å². The Morgan fingerprint density at radius 2 is 2.07 bits per heavy atom. The molecule has 0 N–H and O–H groups in total. The largest absolute Gasteiger partial charge is 0.192 e. The summed E-state index contributed by atoms with van der Waals surface area (Å²) < 4.78 is 0. The first-order chi connectivity index (χ1) is 6.48. The standard InChI is InChI=1S/C10H14N4/c1-5-10(6-7-10)8-11-13-14(12-8)9(2,3)4/h1H,6-7H2,2-4H3. The molecular weight excluding hydrogens is 176 g/mol. The number of hydrogen-bond donors (Lipinski definition) is 0. The normalized spacial score (nSPS) is 19.0. The molecule has 1 aromatic rings. The lowest BCUT2D eigenvalue weighted by atomic mass is 10.1. The number of aromatic nitrogens is 4. The molecule has 4 nitrogen and oxygen atoms in total. The molecule has 1 aliphatic rings. The molecule has 0 unspecified atom stereocenters. The van der Waals surface area contributed by atoms with E-state index in [-0.39, 0.29) is 11.0 Å². The van der Waals surface area contributed by atoms with Crippen LogP contribution in [0.3, 0.4) is 0 Å². The Balaban J connectivity index is 2.32. The number of rotatable bonds is 1. The summed E-state index contributed by atoms with van der Waals surface area (Å²) in [7, 11) is 0. The Labute approximate surface area is 83.7 Å². The highest BCUT2D eigenvalue weighted by molar-refractivity contribution is 5.31. The number of tetrazole rings is 1. The fourth-order valence-corrected chi connectivity index (χ4v) is 1.25. The van der Waals surface area contributed by atoms with Gasteiger partial charge in [0, 0.05) is 0 Å². The fourth-order valence-electron chi connectivity index (χ4n) is 1.25. The average molecular weight is 190 g/mol. The zero-order chi connectivity index (χ0) is 10.4. The molecule has 1 fully saturated rings. The molecule has 0 aliphatic heterocycles. The van der Waals surface area contributed by atoms with E-state index >= 15 is 0 Å². The van der Waals surface area contributed by atoms with Gasteiger partial charge in [-0.3, -0.25) is 0 Å². The Hall–Kier alpha value is -1.37. The summed E-state index contributed by atoms with van der Waals surface area (Å²) in [4.78, 5) is 1.62. The van der Waals surface area contributed by atoms with Gasteiger partial charge in [-0.2, -0.15) is 4.80 Å². The van der Waals surface area contributed by atoms with Crippen LogP contribution in [0.25, 0.3) is 0 Å². The van der Waals surface area contributed by atoms with Crippen LogP contribution >= 0.6 is 0 Å². The Bertz CT molecular complexity index is 387. The van der Waals surface area contributed by atoms with Gasteiger partial charge in [-0.05, 0) is 38.8 Å². The number of hydrogen-bond acceptors (Lipinski definition) is 3. The van der Waals surface area contributed by atoms with Gasteiger partial charge in [0.25, 0.3) is 0 Å². The highest BCUT2D eigenvalue weighted by Crippen LogP contribution is 2.45. The first-order valence-corrected chi connectivity index (χ1v) is 4.77. The minimum atomic E-state index is -0.205. The van der Waals surface area contributed by atoms with Gasteiger partial charge in [0.1, 0.15) is 0 Å². The second kappa shape index (κ2) is 2.57. The fraction of sp³-hybridized carbons (Fsp3) is 0.700. The molecule has 14 heavy (non-hydrogen) atoms. The van der Waals surface area contributed by atoms with Gasteiger partial charge in [0.2, 0.25) is 0 Å². The molecule has 1 saturated carbocycles. The zero-order valence-electron chi connectivity index (χ0n) is 8.78. The second-order valence-corrected chi connectivity index (χ2v) is 4.80. The van der Waals surface area contributed by atoms with Crippen LogP contribution in [0.1, 0.15) is 39.4 Å². The monoisotopic (exact) mass is 190 g/mol. The highest BCUT2D eigenvalue weighted by Gasteiger charge is 2.47. The topological polar surface area (TPSA) is 43.6 Å². The van der Waals surface area contributed by atoms with E-state index in [2.05, 4.69) is 21.3 Å². The van der Waals surface area contributed by atoms with Crippen molar-refractivity contribution >= 4 is 0 Å². The Morgan fingerprint density at radius 1 is 1.43 bits per heavy atom. The van der Waals surface area contributed by atoms with Gasteiger partial charge < -0.3 is 0 Å². The number of terminal acetylenes is 1. The molecule has 1 aromatic heterocycles. The maximum absolute atomic E-state index is 5.45. The van der Waals surface area contributed by atoms with Crippen LogP contribution in [0.2, 0.25) is 0 Å². The summed E-state index contributed by atoms with van der Waals surface area (Å²) in [6.45, 7) is 6.11. The van der Waals surface area contributed by atoms with E-state index in [9.17, 15) is 0 Å². The van der Waals surface area contributed by atoms with Crippen LogP contribution in [0.5, 0.6) is 0 Å². The van der Waals surface area contributed by atoms with E-state index in [4.69, 9.17) is 6.42 Å². The smallest absolute Gasteiger partial charge is 0.159 e. The van der Waals surface area contributed by atoms with Crippen molar-refractivity contribution in [2.75, 3.05) is 0 Å². The van der Waals surface area contributed by atoms with Crippen molar-refractivity contribution in [3.63, 3.8) is 0 Å². The lowest BCUT2D eigenvalue weighted by Gasteiger charge is -2.15. The molecule has 0 atom stereocenters. The van der Waals surface area contributed by atoms with Crippen LogP contribution in [0, 0.1) is 12.3 Å². The molecule has 0 radical (unpaired) electrons. The molecule has 1 aliphatic carbocycles. The summed E-state index contributed by atoms with van der Waals surface area (Å²) in [6, 6.07) is 0. The molecule has 0 aromatic carbocycles. The average Bonchev–Trinajstić information content (AvgIpc) is 2.73. The molecular formula is C10H14N4. The summed E-state index contributed by atoms with van der Waals surface area (Å²) >= 11 is 0. The molecule has 0 bridgehead atoms. The lowest BCUT2D eigenvalue weighted by Crippen LogP contribution is -2.25. The first kappa shape index (κ1) is 9.20. The van der Waals surface area contributed by atoms with Crippen molar-refractivity contribution in [1.82, 2.24) is 20.2 Å². The van der Waals surface area contributed by atoms with Crippen molar-refractivity contribution < 1.29 is 0 Å². The summed E-state index contributed by atoms with van der Waals surface area (Å²) in [5.41, 5.74) is -0.334. The SMILES string of the molecule is C#CC1(c2nnn(C(C)(C)C)n2)CC1. The predicted molar refractivity (Wildman–Crippen MR) is 52.6 cm³/mol. The molecule has 0 amide bonds. The summed E-state index contributed by atoms with van der Waals surface area (Å²) in [5.74, 6) is 3.46. The van der Waals surface area contributed by atoms with Gasteiger partial charge in [0.05, 0.1) is 11.0 Å². The van der Waals surface area contributed by atoms with E-state index in [0.29, 0.717) is 5.82 Å². The molecule has 1 heterocycles. The van der Waals surface area contributed by atoms with E-state index in [0.717, 1.165) is 12.8 Å². The van der Waals surface area contributed by atoms with Gasteiger partial charge >= 0.3 is 0 Å². The molecule has 0 saturated heterocycles. The van der Waals surface area contributed by atoms with Crippen molar-refractivity contribution in [2.24, 2.45) is 0 Å². The molecule has 74 valence electrons. The third-order valence-electron chi connectivity index (χ3n) is 2.47. The maximum atomic E-state index is 5.45. The minimum Gasteiger partial charge on any atom is -0.159 e. The van der Waals surface area contributed by atoms with Crippen molar-refractivity contribution in [3.05, 3.63) is 5.82 Å². The predicted octanol–water partition coefficient (Wildman–Crippen LogP) is 1.09. The number of nitrogens with zero attached hydrogens (tertiary/aromatic N) is 4. The third-order valence-corrected chi connectivity index (χ3v) is 2.47. The van der Waals surface area contributed by atoms with Crippen LogP contribution in [-0.2, 0) is 11.0 Å². The third kappa shape index (κ3) is 1.29. The summed E-state index contributed by atoms with van der Waals surface area (Å²) in [5, 5.41) is 12.4. The van der Waals surface area contributed by atoms with Gasteiger partial charge in [-0.15, -0.1) is 16.6 Å². The second-order valence-electron chi connectivity index (χ2n) is 4.80. The van der Waals surface area contributed by atoms with Crippen LogP contribution in [0.4, 0.5) is 0 Å². The van der Waals surface area contributed by atoms with E-state index < -0.39 is 0 Å². The molecule has 0 spiro atoms. The van der Waals surface area contributed by atoms with E-state index in [1.54, 1.807) is 4.80 Å². The Kier molecular flexibility index (Phi) is 1.69. The maximum Gasteiger partial charge on any atom is 0.192 e. The van der Waals surface area contributed by atoms with E-state index in [1.165, 1.54) is 0 Å². The Morgan fingerprint density at radius 3 is 2.43 bits per heavy atom. The van der Waals surface area contributed by atoms with Crippen molar-refractivity contribution in [2.45, 2.75) is 44.6 Å². The minimum absolute atomic E-state index is 0.129. The summed E-state index contributed by atoms with van der Waals surface area (Å²) in [6.07, 6.45) is 7.42. The van der Waals surface area contributed by atoms with E-state index in [1.807, 2.05) is 20.8 Å². The van der Waals surface area contributed by atoms with Crippen LogP contribution in [-0.4, -0.2) is 20.2 Å². The van der Waals surface area contributed by atoms with Gasteiger partial charge in [-0.25, -0.2) is 0 Å². The van der Waals surface area contributed by atoms with Gasteiger partial charge in [-0.1, -0.05) is 5.92 Å². The first-order valence-electron chi connectivity index (χ1n) is 4.77. The molecule has 2 rings (SSSR count). The lowest BCUT2D eigenvalue weighted by molar-refractivity contribution is 0.305. The van der Waals surface area contributed by atoms with Crippen LogP contribution in [0.15, 0.2) is 0 Å².